The quantitative estimate of drug-likeness (QED) is 0.808. The number of para-hydroxylation sites is 2. The maximum atomic E-state index is 9.53. The van der Waals surface area contributed by atoms with Crippen molar-refractivity contribution in [1.82, 2.24) is 0 Å². The van der Waals surface area contributed by atoms with Gasteiger partial charge in [-0.15, -0.1) is 0 Å². The summed E-state index contributed by atoms with van der Waals surface area (Å²) in [6.07, 6.45) is 0. The highest BCUT2D eigenvalue weighted by Gasteiger charge is 2.17. The molecule has 0 heterocycles. The number of benzene rings is 2. The Morgan fingerprint density at radius 3 is 1.27 bits per heavy atom. The van der Waals surface area contributed by atoms with Crippen LogP contribution in [0.25, 0.3) is 0 Å². The summed E-state index contributed by atoms with van der Waals surface area (Å²) in [5, 5.41) is 19.1. The zero-order valence-electron chi connectivity index (χ0n) is 12.6. The average molecular weight is 288 g/mol. The second kappa shape index (κ2) is 6.97. The van der Waals surface area contributed by atoms with Crippen LogP contribution >= 0.6 is 0 Å². The number of rotatable bonds is 4. The Balaban J connectivity index is 2.47. The maximum Gasteiger partial charge on any atom is 0.155 e. The van der Waals surface area contributed by atoms with Crippen LogP contribution in [0.1, 0.15) is 0 Å². The fourth-order valence-electron chi connectivity index (χ4n) is 2.14. The van der Waals surface area contributed by atoms with Crippen LogP contribution in [0, 0.1) is 22.7 Å². The van der Waals surface area contributed by atoms with Gasteiger partial charge in [0.15, 0.2) is 11.4 Å². The van der Waals surface area contributed by atoms with Crippen LogP contribution in [-0.2, 0) is 0 Å². The van der Waals surface area contributed by atoms with Crippen LogP contribution in [0.15, 0.2) is 72.1 Å². The van der Waals surface area contributed by atoms with Gasteiger partial charge in [0.25, 0.3) is 0 Å². The molecule has 0 amide bonds. The maximum absolute atomic E-state index is 9.53. The zero-order chi connectivity index (χ0) is 15.9. The lowest BCUT2D eigenvalue weighted by atomic mass is 10.2. The summed E-state index contributed by atoms with van der Waals surface area (Å²) < 4.78 is 0. The third kappa shape index (κ3) is 3.08. The van der Waals surface area contributed by atoms with E-state index in [4.69, 9.17) is 0 Å². The van der Waals surface area contributed by atoms with Gasteiger partial charge < -0.3 is 9.80 Å². The van der Waals surface area contributed by atoms with Crippen molar-refractivity contribution >= 4 is 11.4 Å². The monoisotopic (exact) mass is 288 g/mol. The van der Waals surface area contributed by atoms with E-state index >= 15 is 0 Å². The second-order valence-electron chi connectivity index (χ2n) is 4.71. The van der Waals surface area contributed by atoms with Gasteiger partial charge in [-0.3, -0.25) is 0 Å². The third-order valence-electron chi connectivity index (χ3n) is 3.39. The fourth-order valence-corrected chi connectivity index (χ4v) is 2.14. The first-order valence-electron chi connectivity index (χ1n) is 6.81. The van der Waals surface area contributed by atoms with Crippen molar-refractivity contribution in [2.45, 2.75) is 0 Å². The molecule has 4 heteroatoms. The standard InChI is InChI=1S/C18H16N4/c1-21(15-9-5-3-6-10-15)17(13-19)18(14-20)22(2)16-11-7-4-8-12-16/h3-12H,1-2H3/b18-17-. The van der Waals surface area contributed by atoms with Gasteiger partial charge in [-0.25, -0.2) is 0 Å². The Kier molecular flexibility index (Phi) is 4.80. The van der Waals surface area contributed by atoms with Crippen molar-refractivity contribution < 1.29 is 0 Å². The number of nitrogens with zero attached hydrogens (tertiary/aromatic N) is 4. The van der Waals surface area contributed by atoms with Crippen LogP contribution in [0.3, 0.4) is 0 Å². The van der Waals surface area contributed by atoms with Crippen LogP contribution in [-0.4, -0.2) is 14.1 Å². The van der Waals surface area contributed by atoms with Crippen molar-refractivity contribution in [1.29, 1.82) is 10.5 Å². The summed E-state index contributed by atoms with van der Waals surface area (Å²) in [7, 11) is 3.56. The molecule has 0 aromatic heterocycles. The minimum absolute atomic E-state index is 0.306. The van der Waals surface area contributed by atoms with E-state index in [1.807, 2.05) is 60.7 Å². The Labute approximate surface area is 130 Å². The van der Waals surface area contributed by atoms with Crippen LogP contribution in [0.2, 0.25) is 0 Å². The summed E-state index contributed by atoms with van der Waals surface area (Å²) in [6, 6.07) is 23.3. The third-order valence-corrected chi connectivity index (χ3v) is 3.39. The van der Waals surface area contributed by atoms with Crippen molar-refractivity contribution in [3.8, 4) is 12.1 Å². The van der Waals surface area contributed by atoms with Crippen molar-refractivity contribution in [3.63, 3.8) is 0 Å². The summed E-state index contributed by atoms with van der Waals surface area (Å²) in [5.74, 6) is 0. The molecule has 0 unspecified atom stereocenters. The van der Waals surface area contributed by atoms with Crippen molar-refractivity contribution in [3.05, 3.63) is 72.1 Å². The molecular weight excluding hydrogens is 272 g/mol. The van der Waals surface area contributed by atoms with Gasteiger partial charge >= 0.3 is 0 Å². The highest BCUT2D eigenvalue weighted by atomic mass is 15.2. The molecule has 0 aliphatic rings. The number of anilines is 2. The Morgan fingerprint density at radius 2 is 1.00 bits per heavy atom. The lowest BCUT2D eigenvalue weighted by Gasteiger charge is -2.24. The van der Waals surface area contributed by atoms with Crippen LogP contribution < -0.4 is 9.80 Å². The first-order valence-corrected chi connectivity index (χ1v) is 6.81. The lowest BCUT2D eigenvalue weighted by Crippen LogP contribution is -2.24. The van der Waals surface area contributed by atoms with Crippen LogP contribution in [0.4, 0.5) is 11.4 Å². The molecule has 2 aromatic carbocycles. The molecule has 0 fully saturated rings. The van der Waals surface area contributed by atoms with Crippen molar-refractivity contribution in [2.75, 3.05) is 23.9 Å². The summed E-state index contributed by atoms with van der Waals surface area (Å²) >= 11 is 0. The second-order valence-corrected chi connectivity index (χ2v) is 4.71. The molecule has 0 radical (unpaired) electrons. The van der Waals surface area contributed by atoms with Gasteiger partial charge in [0.2, 0.25) is 0 Å². The summed E-state index contributed by atoms with van der Waals surface area (Å²) in [5.41, 5.74) is 2.32. The normalized spacial score (nSPS) is 10.9. The molecule has 4 nitrogen and oxygen atoms in total. The predicted octanol–water partition coefficient (Wildman–Crippen LogP) is 3.52. The van der Waals surface area contributed by atoms with Gasteiger partial charge in [-0.1, -0.05) is 36.4 Å². The van der Waals surface area contributed by atoms with Gasteiger partial charge in [0, 0.05) is 25.5 Å². The zero-order valence-corrected chi connectivity index (χ0v) is 12.6. The first kappa shape index (κ1) is 15.2. The van der Waals surface area contributed by atoms with Gasteiger partial charge in [0.05, 0.1) is 0 Å². The molecule has 2 rings (SSSR count). The van der Waals surface area contributed by atoms with E-state index in [9.17, 15) is 10.5 Å². The van der Waals surface area contributed by atoms with Crippen LogP contribution in [0.5, 0.6) is 0 Å². The van der Waals surface area contributed by atoms with E-state index in [2.05, 4.69) is 12.1 Å². The molecule has 2 aromatic rings. The Hall–Kier alpha value is -3.24. The molecule has 0 aliphatic heterocycles. The molecule has 0 saturated heterocycles. The smallest absolute Gasteiger partial charge is 0.155 e. The van der Waals surface area contributed by atoms with E-state index in [1.54, 1.807) is 23.9 Å². The SMILES string of the molecule is CN(/C(C#N)=C(/C#N)N(C)c1ccccc1)c1ccccc1. The van der Waals surface area contributed by atoms with E-state index in [0.717, 1.165) is 11.4 Å². The molecule has 0 aliphatic carbocycles. The highest BCUT2D eigenvalue weighted by molar-refractivity contribution is 5.63. The molecule has 0 atom stereocenters. The molecule has 0 saturated carbocycles. The topological polar surface area (TPSA) is 54.1 Å². The predicted molar refractivity (Wildman–Crippen MR) is 87.9 cm³/mol. The highest BCUT2D eigenvalue weighted by Crippen LogP contribution is 2.23. The number of hydrogen-bond donors (Lipinski definition) is 0. The summed E-state index contributed by atoms with van der Waals surface area (Å²) in [4.78, 5) is 3.44. The fraction of sp³-hybridized carbons (Fsp3) is 0.111. The minimum Gasteiger partial charge on any atom is -0.334 e. The van der Waals surface area contributed by atoms with E-state index in [1.165, 1.54) is 0 Å². The van der Waals surface area contributed by atoms with E-state index in [-0.39, 0.29) is 0 Å². The number of nitriles is 2. The number of allylic oxidation sites excluding steroid dienone is 2. The van der Waals surface area contributed by atoms with E-state index in [0.29, 0.717) is 11.4 Å². The lowest BCUT2D eigenvalue weighted by molar-refractivity contribution is 1.05. The average Bonchev–Trinajstić information content (AvgIpc) is 2.60. The first-order chi connectivity index (χ1) is 10.7. The van der Waals surface area contributed by atoms with Crippen molar-refractivity contribution in [2.24, 2.45) is 0 Å². The molecule has 0 N–H and O–H groups in total. The molecule has 108 valence electrons. The van der Waals surface area contributed by atoms with Gasteiger partial charge in [0.1, 0.15) is 12.1 Å². The Morgan fingerprint density at radius 1 is 0.682 bits per heavy atom. The molecular formula is C18H16N4. The van der Waals surface area contributed by atoms with Gasteiger partial charge in [-0.05, 0) is 24.3 Å². The van der Waals surface area contributed by atoms with E-state index < -0.39 is 0 Å². The molecule has 0 bridgehead atoms. The Bertz CT molecular complexity index is 671. The molecule has 22 heavy (non-hydrogen) atoms. The summed E-state index contributed by atoms with van der Waals surface area (Å²) in [6.45, 7) is 0. The largest absolute Gasteiger partial charge is 0.334 e. The molecule has 0 spiro atoms. The minimum atomic E-state index is 0.306. The number of hydrogen-bond acceptors (Lipinski definition) is 4. The van der Waals surface area contributed by atoms with Gasteiger partial charge in [-0.2, -0.15) is 10.5 Å².